The van der Waals surface area contributed by atoms with Crippen molar-refractivity contribution < 1.29 is 9.59 Å². The van der Waals surface area contributed by atoms with Crippen LogP contribution in [0.5, 0.6) is 0 Å². The topological polar surface area (TPSA) is 100 Å². The molecule has 4 heterocycles. The molecule has 1 saturated heterocycles. The van der Waals surface area contributed by atoms with Crippen LogP contribution < -0.4 is 10.6 Å². The van der Waals surface area contributed by atoms with Gasteiger partial charge in [-0.3, -0.25) is 14.6 Å². The highest BCUT2D eigenvalue weighted by Gasteiger charge is 2.30. The van der Waals surface area contributed by atoms with E-state index >= 15 is 0 Å². The first-order valence-corrected chi connectivity index (χ1v) is 10.4. The molecule has 3 aromatic heterocycles. The van der Waals surface area contributed by atoms with Gasteiger partial charge in [0, 0.05) is 32.3 Å². The zero-order chi connectivity index (χ0) is 20.4. The van der Waals surface area contributed by atoms with E-state index in [9.17, 15) is 9.59 Å². The highest BCUT2D eigenvalue weighted by molar-refractivity contribution is 7.17. The molecule has 0 radical (unpaired) electrons. The largest absolute Gasteiger partial charge is 0.352 e. The van der Waals surface area contributed by atoms with E-state index in [1.807, 2.05) is 36.6 Å². The first-order valence-electron chi connectivity index (χ1n) is 9.50. The molecule has 2 atom stereocenters. The van der Waals surface area contributed by atoms with Crippen LogP contribution in [-0.2, 0) is 4.79 Å². The average Bonchev–Trinajstić information content (AvgIpc) is 3.36. The van der Waals surface area contributed by atoms with Crippen molar-refractivity contribution >= 4 is 39.3 Å². The molecule has 1 aliphatic heterocycles. The van der Waals surface area contributed by atoms with Gasteiger partial charge in [0.15, 0.2) is 5.69 Å². The molecule has 0 saturated carbocycles. The Bertz CT molecular complexity index is 1040. The molecule has 1 fully saturated rings. The lowest BCUT2D eigenvalue weighted by atomic mass is 10.2. The van der Waals surface area contributed by atoms with Crippen molar-refractivity contribution in [3.05, 3.63) is 47.2 Å². The van der Waals surface area contributed by atoms with E-state index in [4.69, 9.17) is 0 Å². The maximum absolute atomic E-state index is 13.2. The van der Waals surface area contributed by atoms with Gasteiger partial charge in [0.2, 0.25) is 11.9 Å². The number of carbonyl (C=O) groups excluding carboxylic acids is 2. The smallest absolute Gasteiger partial charge is 0.274 e. The molecule has 0 aliphatic carbocycles. The molecule has 2 N–H and O–H groups in total. The van der Waals surface area contributed by atoms with E-state index in [0.717, 1.165) is 22.3 Å². The Morgan fingerprint density at radius 2 is 2.14 bits per heavy atom. The lowest BCUT2D eigenvalue weighted by Crippen LogP contribution is -2.37. The number of nitrogens with zero attached hydrogens (tertiary/aromatic N) is 4. The van der Waals surface area contributed by atoms with Gasteiger partial charge in [-0.05, 0) is 36.9 Å². The lowest BCUT2D eigenvalue weighted by molar-refractivity contribution is -0.119. The van der Waals surface area contributed by atoms with Crippen LogP contribution in [0.25, 0.3) is 10.2 Å². The molecule has 1 unspecified atom stereocenters. The minimum Gasteiger partial charge on any atom is -0.352 e. The zero-order valence-electron chi connectivity index (χ0n) is 16.3. The monoisotopic (exact) mass is 410 g/mol. The number of nitrogens with one attached hydrogen (secondary N) is 2. The summed E-state index contributed by atoms with van der Waals surface area (Å²) in [7, 11) is 0. The van der Waals surface area contributed by atoms with E-state index in [1.54, 1.807) is 11.1 Å². The van der Waals surface area contributed by atoms with Crippen LogP contribution >= 0.6 is 11.3 Å². The maximum Gasteiger partial charge on any atom is 0.274 e. The van der Waals surface area contributed by atoms with Gasteiger partial charge in [-0.2, -0.15) is 0 Å². The van der Waals surface area contributed by atoms with Crippen LogP contribution in [0, 0.1) is 0 Å². The Labute approximate surface area is 172 Å². The summed E-state index contributed by atoms with van der Waals surface area (Å²) in [5.41, 5.74) is 2.00. The Hall–Kier alpha value is -3.07. The summed E-state index contributed by atoms with van der Waals surface area (Å²) >= 11 is 1.45. The summed E-state index contributed by atoms with van der Waals surface area (Å²) in [6.45, 7) is 4.55. The van der Waals surface area contributed by atoms with E-state index in [0.29, 0.717) is 24.7 Å². The fraction of sp³-hybridized carbons (Fsp3) is 0.350. The first kappa shape index (κ1) is 19.3. The highest BCUT2D eigenvalue weighted by atomic mass is 32.1. The summed E-state index contributed by atoms with van der Waals surface area (Å²) < 4.78 is 0.772. The maximum atomic E-state index is 13.2. The first-order chi connectivity index (χ1) is 14.0. The predicted octanol–water partition coefficient (Wildman–Crippen LogP) is 2.61. The number of pyridine rings is 1. The molecular formula is C20H22N6O2S. The van der Waals surface area contributed by atoms with Crippen molar-refractivity contribution in [2.24, 2.45) is 0 Å². The van der Waals surface area contributed by atoms with Gasteiger partial charge in [-0.1, -0.05) is 6.07 Å². The summed E-state index contributed by atoms with van der Waals surface area (Å²) in [5, 5.41) is 8.05. The quantitative estimate of drug-likeness (QED) is 0.671. The zero-order valence-corrected chi connectivity index (χ0v) is 17.1. The summed E-state index contributed by atoms with van der Waals surface area (Å²) in [6.07, 6.45) is 2.48. The van der Waals surface area contributed by atoms with Crippen molar-refractivity contribution in [1.29, 1.82) is 0 Å². The van der Waals surface area contributed by atoms with E-state index < -0.39 is 0 Å². The number of likely N-dealkylation sites (tertiary alicyclic amines) is 1. The second-order valence-electron chi connectivity index (χ2n) is 7.09. The molecule has 4 rings (SSSR count). The van der Waals surface area contributed by atoms with Gasteiger partial charge >= 0.3 is 0 Å². The van der Waals surface area contributed by atoms with Gasteiger partial charge in [0.05, 0.1) is 22.0 Å². The lowest BCUT2D eigenvalue weighted by Gasteiger charge is -2.18. The van der Waals surface area contributed by atoms with Crippen molar-refractivity contribution in [3.8, 4) is 0 Å². The van der Waals surface area contributed by atoms with Crippen LogP contribution in [0.2, 0.25) is 0 Å². The van der Waals surface area contributed by atoms with Gasteiger partial charge in [0.1, 0.15) is 0 Å². The molecule has 1 aliphatic rings. The van der Waals surface area contributed by atoms with Crippen LogP contribution in [0.3, 0.4) is 0 Å². The van der Waals surface area contributed by atoms with Gasteiger partial charge in [0.25, 0.3) is 5.91 Å². The molecular weight excluding hydrogens is 388 g/mol. The Balaban J connectivity index is 1.58. The Kier molecular flexibility index (Phi) is 5.39. The van der Waals surface area contributed by atoms with Gasteiger partial charge in [-0.15, -0.1) is 11.3 Å². The second-order valence-corrected chi connectivity index (χ2v) is 8.00. The summed E-state index contributed by atoms with van der Waals surface area (Å²) in [4.78, 5) is 39.7. The molecule has 3 aromatic rings. The van der Waals surface area contributed by atoms with Crippen molar-refractivity contribution in [3.63, 3.8) is 0 Å². The second kappa shape index (κ2) is 8.12. The van der Waals surface area contributed by atoms with Gasteiger partial charge < -0.3 is 15.5 Å². The van der Waals surface area contributed by atoms with E-state index in [2.05, 4.69) is 25.6 Å². The van der Waals surface area contributed by atoms with Crippen LogP contribution in [0.4, 0.5) is 5.95 Å². The number of rotatable bonds is 5. The summed E-state index contributed by atoms with van der Waals surface area (Å²) in [6, 6.07) is 7.49. The number of fused-ring (bicyclic) bond motifs is 1. The minimum atomic E-state index is -0.138. The molecule has 9 heteroatoms. The van der Waals surface area contributed by atoms with Gasteiger partial charge in [-0.25, -0.2) is 9.97 Å². The minimum absolute atomic E-state index is 0.0149. The number of hydrogen-bond acceptors (Lipinski definition) is 7. The fourth-order valence-corrected chi connectivity index (χ4v) is 4.28. The van der Waals surface area contributed by atoms with Crippen molar-refractivity contribution in [2.75, 3.05) is 18.4 Å². The third-order valence-electron chi connectivity index (χ3n) is 4.87. The van der Waals surface area contributed by atoms with E-state index in [-0.39, 0.29) is 23.9 Å². The molecule has 8 nitrogen and oxygen atoms in total. The number of aromatic nitrogens is 3. The third-order valence-corrected chi connectivity index (χ3v) is 5.78. The average molecular weight is 411 g/mol. The number of hydrogen-bond donors (Lipinski definition) is 2. The molecule has 29 heavy (non-hydrogen) atoms. The molecule has 2 amide bonds. The van der Waals surface area contributed by atoms with Crippen molar-refractivity contribution in [2.45, 2.75) is 32.4 Å². The van der Waals surface area contributed by atoms with Crippen molar-refractivity contribution in [1.82, 2.24) is 25.2 Å². The number of anilines is 1. The third kappa shape index (κ3) is 4.19. The highest BCUT2D eigenvalue weighted by Crippen LogP contribution is 2.27. The molecule has 0 spiro atoms. The molecule has 150 valence electrons. The standard InChI is InChI=1S/C20H22N6O2S/c1-12(15-5-3-4-8-21-15)22-20-24-16-7-10-29-18(16)17(25-20)19(28)26-9-6-14(11-26)23-13(2)27/h3-5,7-8,10,12,14H,6,9,11H2,1-2H3,(H,23,27)(H,22,24,25)/t12-,14?/m0/s1. The normalized spacial score (nSPS) is 17.3. The summed E-state index contributed by atoms with van der Waals surface area (Å²) in [5.74, 6) is 0.179. The predicted molar refractivity (Wildman–Crippen MR) is 112 cm³/mol. The SMILES string of the molecule is CC(=O)NC1CCN(C(=O)c2nc(N[C@@H](C)c3ccccn3)nc3ccsc23)C1. The molecule has 0 aromatic carbocycles. The number of carbonyl (C=O) groups is 2. The number of thiophene rings is 1. The Morgan fingerprint density at radius 1 is 1.28 bits per heavy atom. The fourth-order valence-electron chi connectivity index (χ4n) is 3.47. The van der Waals surface area contributed by atoms with Crippen LogP contribution in [-0.4, -0.2) is 50.8 Å². The van der Waals surface area contributed by atoms with Crippen LogP contribution in [0.15, 0.2) is 35.8 Å². The number of amides is 2. The molecule has 0 bridgehead atoms. The van der Waals surface area contributed by atoms with Crippen LogP contribution in [0.1, 0.15) is 42.5 Å². The van der Waals surface area contributed by atoms with E-state index in [1.165, 1.54) is 18.3 Å². The Morgan fingerprint density at radius 3 is 2.90 bits per heavy atom.